The number of carbonyl (C=O) groups excluding carboxylic acids is 1. The third-order valence-corrected chi connectivity index (χ3v) is 4.54. The van der Waals surface area contributed by atoms with Crippen LogP contribution in [0.25, 0.3) is 0 Å². The monoisotopic (exact) mass is 370 g/mol. The lowest BCUT2D eigenvalue weighted by atomic mass is 10.1. The molecule has 0 radical (unpaired) electrons. The van der Waals surface area contributed by atoms with E-state index in [4.69, 9.17) is 28.4 Å². The molecule has 3 aliphatic rings. The van der Waals surface area contributed by atoms with E-state index in [-0.39, 0.29) is 6.10 Å². The second-order valence-electron chi connectivity index (χ2n) is 8.37. The second kappa shape index (κ2) is 7.20. The molecule has 3 heterocycles. The number of ether oxygens (including phenoxy) is 6. The van der Waals surface area contributed by atoms with E-state index in [1.54, 1.807) is 0 Å². The molecule has 0 aromatic heterocycles. The Kier molecular flexibility index (Phi) is 5.48. The normalized spacial score (nSPS) is 38.2. The number of carbonyl (C=O) groups is 1. The van der Waals surface area contributed by atoms with Crippen LogP contribution in [0.3, 0.4) is 0 Å². The summed E-state index contributed by atoms with van der Waals surface area (Å²) in [6.07, 6.45) is 1.51. The standard InChI is InChI=1S/C19H30O7/c1-11(2)8-7-9-13(20)22-15-14(12-10-21-18(3,4)24-12)23-17-16(15)25-19(5,6)26-17/h7,9,11-12,14-17H,8,10H2,1-6H3/t12-,14-,15-,16-,17-/m1/s1. The SMILES string of the molecule is CC(C)CC=CC(=O)O[C@H]1[C@H]2OC(C)(C)O[C@H]2O[C@@H]1[C@H]1COC(C)(C)O1. The molecule has 7 heteroatoms. The van der Waals surface area contributed by atoms with Crippen LogP contribution in [0.2, 0.25) is 0 Å². The highest BCUT2D eigenvalue weighted by Crippen LogP contribution is 2.41. The van der Waals surface area contributed by atoms with Crippen molar-refractivity contribution >= 4 is 5.97 Å². The topological polar surface area (TPSA) is 72.5 Å². The predicted octanol–water partition coefficient (Wildman–Crippen LogP) is 2.53. The van der Waals surface area contributed by atoms with Gasteiger partial charge in [-0.25, -0.2) is 4.79 Å². The van der Waals surface area contributed by atoms with Crippen molar-refractivity contribution in [3.05, 3.63) is 12.2 Å². The Morgan fingerprint density at radius 3 is 2.46 bits per heavy atom. The molecule has 0 unspecified atom stereocenters. The van der Waals surface area contributed by atoms with Gasteiger partial charge in [0.05, 0.1) is 6.61 Å². The zero-order valence-corrected chi connectivity index (χ0v) is 16.4. The maximum atomic E-state index is 12.3. The van der Waals surface area contributed by atoms with Crippen LogP contribution in [0.5, 0.6) is 0 Å². The maximum absolute atomic E-state index is 12.3. The Labute approximate surface area is 154 Å². The molecule has 0 N–H and O–H groups in total. The van der Waals surface area contributed by atoms with Crippen LogP contribution < -0.4 is 0 Å². The quantitative estimate of drug-likeness (QED) is 0.544. The molecule has 3 rings (SSSR count). The van der Waals surface area contributed by atoms with E-state index < -0.39 is 42.1 Å². The van der Waals surface area contributed by atoms with Gasteiger partial charge in [0.1, 0.15) is 12.2 Å². The highest BCUT2D eigenvalue weighted by Gasteiger charge is 2.59. The number of fused-ring (bicyclic) bond motifs is 1. The Morgan fingerprint density at radius 1 is 1.12 bits per heavy atom. The molecule has 0 amide bonds. The molecular weight excluding hydrogens is 340 g/mol. The summed E-state index contributed by atoms with van der Waals surface area (Å²) in [4.78, 5) is 12.3. The summed E-state index contributed by atoms with van der Waals surface area (Å²) in [5.74, 6) is -1.43. The summed E-state index contributed by atoms with van der Waals surface area (Å²) in [5.41, 5.74) is 0. The fraction of sp³-hybridized carbons (Fsp3) is 0.842. The van der Waals surface area contributed by atoms with Crippen LogP contribution in [-0.2, 0) is 33.2 Å². The fourth-order valence-corrected chi connectivity index (χ4v) is 3.42. The third kappa shape index (κ3) is 4.46. The average molecular weight is 370 g/mol. The molecule has 7 nitrogen and oxygen atoms in total. The van der Waals surface area contributed by atoms with Crippen molar-refractivity contribution in [1.82, 2.24) is 0 Å². The number of allylic oxidation sites excluding steroid dienone is 1. The largest absolute Gasteiger partial charge is 0.453 e. The molecule has 5 atom stereocenters. The van der Waals surface area contributed by atoms with E-state index in [1.807, 2.05) is 33.8 Å². The molecule has 26 heavy (non-hydrogen) atoms. The number of hydrogen-bond donors (Lipinski definition) is 0. The van der Waals surface area contributed by atoms with Crippen molar-refractivity contribution in [2.24, 2.45) is 5.92 Å². The third-order valence-electron chi connectivity index (χ3n) is 4.54. The summed E-state index contributed by atoms with van der Waals surface area (Å²) in [7, 11) is 0. The van der Waals surface area contributed by atoms with E-state index in [1.165, 1.54) is 6.08 Å². The van der Waals surface area contributed by atoms with Crippen molar-refractivity contribution in [3.8, 4) is 0 Å². The van der Waals surface area contributed by atoms with E-state index >= 15 is 0 Å². The van der Waals surface area contributed by atoms with Gasteiger partial charge >= 0.3 is 5.97 Å². The van der Waals surface area contributed by atoms with Gasteiger partial charge in [0.2, 0.25) is 0 Å². The van der Waals surface area contributed by atoms with Gasteiger partial charge in [0, 0.05) is 6.08 Å². The van der Waals surface area contributed by atoms with Crippen LogP contribution in [0.1, 0.15) is 48.0 Å². The molecule has 3 aliphatic heterocycles. The first kappa shape index (κ1) is 19.8. The first-order valence-corrected chi connectivity index (χ1v) is 9.26. The molecule has 3 fully saturated rings. The van der Waals surface area contributed by atoms with Crippen LogP contribution >= 0.6 is 0 Å². The first-order chi connectivity index (χ1) is 12.1. The van der Waals surface area contributed by atoms with Crippen LogP contribution in [0, 0.1) is 5.92 Å². The predicted molar refractivity (Wildman–Crippen MR) is 92.1 cm³/mol. The molecule has 0 aromatic carbocycles. The second-order valence-corrected chi connectivity index (χ2v) is 8.37. The lowest BCUT2D eigenvalue weighted by Crippen LogP contribution is -2.45. The molecular formula is C19H30O7. The highest BCUT2D eigenvalue weighted by molar-refractivity contribution is 5.82. The highest BCUT2D eigenvalue weighted by atomic mass is 16.8. The molecule has 148 valence electrons. The molecule has 0 aromatic rings. The van der Waals surface area contributed by atoms with Gasteiger partial charge in [-0.1, -0.05) is 19.9 Å². The Morgan fingerprint density at radius 2 is 1.85 bits per heavy atom. The van der Waals surface area contributed by atoms with Gasteiger partial charge in [0.15, 0.2) is 30.1 Å². The van der Waals surface area contributed by atoms with Crippen LogP contribution in [0.15, 0.2) is 12.2 Å². The maximum Gasteiger partial charge on any atom is 0.330 e. The minimum Gasteiger partial charge on any atom is -0.453 e. The van der Waals surface area contributed by atoms with Gasteiger partial charge < -0.3 is 28.4 Å². The van der Waals surface area contributed by atoms with Gasteiger partial charge in [0.25, 0.3) is 0 Å². The van der Waals surface area contributed by atoms with E-state index in [2.05, 4.69) is 13.8 Å². The lowest BCUT2D eigenvalue weighted by molar-refractivity contribution is -0.234. The summed E-state index contributed by atoms with van der Waals surface area (Å²) < 4.78 is 35.0. The number of hydrogen-bond acceptors (Lipinski definition) is 7. The summed E-state index contributed by atoms with van der Waals surface area (Å²) in [6, 6.07) is 0. The van der Waals surface area contributed by atoms with Gasteiger partial charge in [-0.05, 0) is 40.0 Å². The minimum absolute atomic E-state index is 0.358. The van der Waals surface area contributed by atoms with Gasteiger partial charge in [-0.3, -0.25) is 0 Å². The van der Waals surface area contributed by atoms with Crippen LogP contribution in [0.4, 0.5) is 0 Å². The van der Waals surface area contributed by atoms with Crippen LogP contribution in [-0.4, -0.2) is 54.9 Å². The van der Waals surface area contributed by atoms with Crippen molar-refractivity contribution in [2.75, 3.05) is 6.61 Å². The molecule has 0 aliphatic carbocycles. The molecule has 3 saturated heterocycles. The molecule has 0 spiro atoms. The zero-order chi connectivity index (χ0) is 19.1. The summed E-state index contributed by atoms with van der Waals surface area (Å²) in [6.45, 7) is 11.8. The van der Waals surface area contributed by atoms with Crippen molar-refractivity contribution in [2.45, 2.75) is 90.2 Å². The number of esters is 1. The van der Waals surface area contributed by atoms with Crippen molar-refractivity contribution in [3.63, 3.8) is 0 Å². The molecule has 0 saturated carbocycles. The zero-order valence-electron chi connectivity index (χ0n) is 16.4. The van der Waals surface area contributed by atoms with Gasteiger partial charge in [-0.15, -0.1) is 0 Å². The Bertz CT molecular complexity index is 554. The van der Waals surface area contributed by atoms with Gasteiger partial charge in [-0.2, -0.15) is 0 Å². The fourth-order valence-electron chi connectivity index (χ4n) is 3.42. The lowest BCUT2D eigenvalue weighted by Gasteiger charge is -2.28. The van der Waals surface area contributed by atoms with E-state index in [0.29, 0.717) is 12.5 Å². The molecule has 0 bridgehead atoms. The Balaban J connectivity index is 1.70. The Hall–Kier alpha value is -0.990. The van der Waals surface area contributed by atoms with E-state index in [9.17, 15) is 4.79 Å². The smallest absolute Gasteiger partial charge is 0.330 e. The van der Waals surface area contributed by atoms with Crippen molar-refractivity contribution < 1.29 is 33.2 Å². The van der Waals surface area contributed by atoms with E-state index in [0.717, 1.165) is 6.42 Å². The number of rotatable bonds is 5. The van der Waals surface area contributed by atoms with Crippen molar-refractivity contribution in [1.29, 1.82) is 0 Å². The minimum atomic E-state index is -0.787. The first-order valence-electron chi connectivity index (χ1n) is 9.26. The summed E-state index contributed by atoms with van der Waals surface area (Å²) >= 11 is 0. The average Bonchev–Trinajstić information content (AvgIpc) is 3.09. The summed E-state index contributed by atoms with van der Waals surface area (Å²) in [5, 5.41) is 0.